The van der Waals surface area contributed by atoms with Gasteiger partial charge in [0.1, 0.15) is 12.4 Å². The number of nitrogens with zero attached hydrogens (tertiary/aromatic N) is 1. The van der Waals surface area contributed by atoms with Crippen molar-refractivity contribution in [2.75, 3.05) is 12.4 Å². The van der Waals surface area contributed by atoms with Crippen molar-refractivity contribution in [3.63, 3.8) is 0 Å². The van der Waals surface area contributed by atoms with Crippen molar-refractivity contribution in [2.45, 2.75) is 27.4 Å². The maximum absolute atomic E-state index is 6.16. The van der Waals surface area contributed by atoms with Crippen molar-refractivity contribution in [2.24, 2.45) is 0 Å². The first-order valence-corrected chi connectivity index (χ1v) is 8.52. The third-order valence-electron chi connectivity index (χ3n) is 4.51. The SMILES string of the molecule is CNc1cccc(C)c1COc1cc(C)c(-c2ccccn2)cc1C. The van der Waals surface area contributed by atoms with E-state index in [0.717, 1.165) is 33.8 Å². The van der Waals surface area contributed by atoms with Gasteiger partial charge in [-0.05, 0) is 67.8 Å². The Balaban J connectivity index is 1.86. The minimum atomic E-state index is 0.548. The Hall–Kier alpha value is -2.81. The van der Waals surface area contributed by atoms with Crippen LogP contribution in [0.4, 0.5) is 5.69 Å². The highest BCUT2D eigenvalue weighted by Gasteiger charge is 2.10. The van der Waals surface area contributed by atoms with Crippen LogP contribution in [0.5, 0.6) is 5.75 Å². The van der Waals surface area contributed by atoms with Crippen LogP contribution in [-0.4, -0.2) is 12.0 Å². The molecule has 0 saturated heterocycles. The molecule has 3 heteroatoms. The van der Waals surface area contributed by atoms with E-state index in [9.17, 15) is 0 Å². The lowest BCUT2D eigenvalue weighted by Crippen LogP contribution is -2.04. The predicted octanol–water partition coefficient (Wildman–Crippen LogP) is 5.29. The molecule has 0 aliphatic carbocycles. The van der Waals surface area contributed by atoms with Crippen LogP contribution < -0.4 is 10.1 Å². The molecule has 25 heavy (non-hydrogen) atoms. The van der Waals surface area contributed by atoms with E-state index in [1.165, 1.54) is 11.1 Å². The largest absolute Gasteiger partial charge is 0.489 e. The maximum Gasteiger partial charge on any atom is 0.123 e. The number of hydrogen-bond donors (Lipinski definition) is 1. The van der Waals surface area contributed by atoms with Crippen LogP contribution in [0.1, 0.15) is 22.3 Å². The number of pyridine rings is 1. The van der Waals surface area contributed by atoms with E-state index in [2.05, 4.69) is 61.4 Å². The van der Waals surface area contributed by atoms with Gasteiger partial charge < -0.3 is 10.1 Å². The normalized spacial score (nSPS) is 10.6. The average molecular weight is 332 g/mol. The zero-order valence-electron chi connectivity index (χ0n) is 15.3. The Morgan fingerprint density at radius 2 is 1.76 bits per heavy atom. The molecule has 0 unspecified atom stereocenters. The second-order valence-electron chi connectivity index (χ2n) is 6.29. The number of hydrogen-bond acceptors (Lipinski definition) is 3. The highest BCUT2D eigenvalue weighted by atomic mass is 16.5. The summed E-state index contributed by atoms with van der Waals surface area (Å²) in [4.78, 5) is 4.46. The summed E-state index contributed by atoms with van der Waals surface area (Å²) < 4.78 is 6.16. The third kappa shape index (κ3) is 3.66. The fraction of sp³-hybridized carbons (Fsp3) is 0.227. The second-order valence-corrected chi connectivity index (χ2v) is 6.29. The van der Waals surface area contributed by atoms with E-state index >= 15 is 0 Å². The van der Waals surface area contributed by atoms with Gasteiger partial charge in [0.25, 0.3) is 0 Å². The summed E-state index contributed by atoms with van der Waals surface area (Å²) in [5, 5.41) is 3.24. The van der Waals surface area contributed by atoms with Gasteiger partial charge in [-0.25, -0.2) is 0 Å². The smallest absolute Gasteiger partial charge is 0.123 e. The van der Waals surface area contributed by atoms with Crippen molar-refractivity contribution < 1.29 is 4.74 Å². The Kier molecular flexibility index (Phi) is 5.03. The molecule has 1 N–H and O–H groups in total. The van der Waals surface area contributed by atoms with Crippen molar-refractivity contribution in [1.29, 1.82) is 0 Å². The van der Waals surface area contributed by atoms with Crippen LogP contribution in [0.25, 0.3) is 11.3 Å². The van der Waals surface area contributed by atoms with E-state index in [0.29, 0.717) is 6.61 Å². The summed E-state index contributed by atoms with van der Waals surface area (Å²) in [5.74, 6) is 0.919. The van der Waals surface area contributed by atoms with E-state index in [1.807, 2.05) is 31.4 Å². The summed E-state index contributed by atoms with van der Waals surface area (Å²) in [6, 6.07) is 16.5. The van der Waals surface area contributed by atoms with Gasteiger partial charge in [0, 0.05) is 30.1 Å². The van der Waals surface area contributed by atoms with Gasteiger partial charge in [0.05, 0.1) is 5.69 Å². The zero-order valence-corrected chi connectivity index (χ0v) is 15.3. The Morgan fingerprint density at radius 3 is 2.48 bits per heavy atom. The van der Waals surface area contributed by atoms with Crippen molar-refractivity contribution >= 4 is 5.69 Å². The third-order valence-corrected chi connectivity index (χ3v) is 4.51. The summed E-state index contributed by atoms with van der Waals surface area (Å²) in [5.41, 5.74) is 7.95. The molecule has 0 radical (unpaired) electrons. The molecule has 0 atom stereocenters. The van der Waals surface area contributed by atoms with Crippen LogP contribution in [-0.2, 0) is 6.61 Å². The number of aromatic nitrogens is 1. The molecule has 3 aromatic rings. The first kappa shape index (κ1) is 17.0. The Morgan fingerprint density at radius 1 is 0.920 bits per heavy atom. The Bertz CT molecular complexity index is 873. The number of benzene rings is 2. The molecule has 2 aromatic carbocycles. The van der Waals surface area contributed by atoms with Gasteiger partial charge in [0.15, 0.2) is 0 Å². The number of anilines is 1. The summed E-state index contributed by atoms with van der Waals surface area (Å²) in [6.45, 7) is 6.84. The fourth-order valence-electron chi connectivity index (χ4n) is 3.02. The van der Waals surface area contributed by atoms with Crippen LogP contribution in [0, 0.1) is 20.8 Å². The molecular formula is C22H24N2O. The average Bonchev–Trinajstić information content (AvgIpc) is 2.63. The first-order valence-electron chi connectivity index (χ1n) is 8.52. The number of rotatable bonds is 5. The molecule has 0 aliphatic heterocycles. The van der Waals surface area contributed by atoms with Crippen LogP contribution in [0.2, 0.25) is 0 Å². The van der Waals surface area contributed by atoms with E-state index in [-0.39, 0.29) is 0 Å². The molecule has 0 fully saturated rings. The topological polar surface area (TPSA) is 34.1 Å². The molecule has 1 aromatic heterocycles. The lowest BCUT2D eigenvalue weighted by atomic mass is 10.0. The molecule has 0 aliphatic rings. The number of nitrogens with one attached hydrogen (secondary N) is 1. The summed E-state index contributed by atoms with van der Waals surface area (Å²) in [6.07, 6.45) is 1.83. The zero-order chi connectivity index (χ0) is 17.8. The number of aryl methyl sites for hydroxylation is 3. The van der Waals surface area contributed by atoms with E-state index < -0.39 is 0 Å². The van der Waals surface area contributed by atoms with Gasteiger partial charge in [-0.15, -0.1) is 0 Å². The molecule has 128 valence electrons. The minimum absolute atomic E-state index is 0.548. The highest BCUT2D eigenvalue weighted by molar-refractivity contribution is 5.66. The summed E-state index contributed by atoms with van der Waals surface area (Å²) >= 11 is 0. The molecule has 0 spiro atoms. The van der Waals surface area contributed by atoms with Crippen LogP contribution in [0.3, 0.4) is 0 Å². The van der Waals surface area contributed by atoms with Gasteiger partial charge in [-0.1, -0.05) is 18.2 Å². The molecule has 3 rings (SSSR count). The molecule has 1 heterocycles. The van der Waals surface area contributed by atoms with E-state index in [1.54, 1.807) is 0 Å². The first-order chi connectivity index (χ1) is 12.1. The van der Waals surface area contributed by atoms with Gasteiger partial charge >= 0.3 is 0 Å². The minimum Gasteiger partial charge on any atom is -0.489 e. The molecule has 0 amide bonds. The summed E-state index contributed by atoms with van der Waals surface area (Å²) in [7, 11) is 1.94. The van der Waals surface area contributed by atoms with Gasteiger partial charge in [-0.2, -0.15) is 0 Å². The molecule has 0 bridgehead atoms. The Labute approximate surface area is 149 Å². The monoisotopic (exact) mass is 332 g/mol. The molecular weight excluding hydrogens is 308 g/mol. The van der Waals surface area contributed by atoms with Crippen LogP contribution >= 0.6 is 0 Å². The quantitative estimate of drug-likeness (QED) is 0.689. The lowest BCUT2D eigenvalue weighted by Gasteiger charge is -2.16. The lowest BCUT2D eigenvalue weighted by molar-refractivity contribution is 0.304. The van der Waals surface area contributed by atoms with E-state index in [4.69, 9.17) is 4.74 Å². The second kappa shape index (κ2) is 7.39. The highest BCUT2D eigenvalue weighted by Crippen LogP contribution is 2.30. The van der Waals surface area contributed by atoms with Crippen molar-refractivity contribution in [1.82, 2.24) is 4.98 Å². The predicted molar refractivity (Wildman–Crippen MR) is 104 cm³/mol. The fourth-order valence-corrected chi connectivity index (χ4v) is 3.02. The molecule has 3 nitrogen and oxygen atoms in total. The van der Waals surface area contributed by atoms with Crippen molar-refractivity contribution in [3.05, 3.63) is 77.0 Å². The number of ether oxygens (including phenoxy) is 1. The maximum atomic E-state index is 6.16. The standard InChI is InChI=1S/C22H24N2O/c1-15-8-7-10-20(23-4)19(15)14-25-22-13-16(2)18(12-17(22)3)21-9-5-6-11-24-21/h5-13,23H,14H2,1-4H3. The van der Waals surface area contributed by atoms with Crippen molar-refractivity contribution in [3.8, 4) is 17.0 Å². The molecule has 0 saturated carbocycles. The van der Waals surface area contributed by atoms with Gasteiger partial charge in [0.2, 0.25) is 0 Å². The van der Waals surface area contributed by atoms with Crippen LogP contribution in [0.15, 0.2) is 54.7 Å². The van der Waals surface area contributed by atoms with Gasteiger partial charge in [-0.3, -0.25) is 4.98 Å².